The standard InChI is InChI=1S/C18H17FN4O3/c1-10-16-14(17(25)21-8-7-20-11(2)24)9-15(22-18(16)26-23-10)12-3-5-13(19)6-4-12/h3-6,9H,7-8H2,1-2H3,(H,20,24)(H,21,25). The molecule has 2 heterocycles. The maximum atomic E-state index is 13.2. The van der Waals surface area contributed by atoms with Crippen LogP contribution in [0.1, 0.15) is 23.0 Å². The zero-order valence-electron chi connectivity index (χ0n) is 14.3. The third-order valence-corrected chi connectivity index (χ3v) is 3.79. The second-order valence-electron chi connectivity index (χ2n) is 5.75. The van der Waals surface area contributed by atoms with Gasteiger partial charge in [-0.3, -0.25) is 9.59 Å². The molecule has 7 nitrogen and oxygen atoms in total. The predicted octanol–water partition coefficient (Wildman–Crippen LogP) is 2.20. The molecule has 134 valence electrons. The second kappa shape index (κ2) is 7.30. The van der Waals surface area contributed by atoms with Gasteiger partial charge in [0.25, 0.3) is 11.6 Å². The number of hydrogen-bond donors (Lipinski definition) is 2. The molecule has 0 bridgehead atoms. The zero-order chi connectivity index (χ0) is 18.7. The van der Waals surface area contributed by atoms with Gasteiger partial charge in [-0.2, -0.15) is 0 Å². The number of fused-ring (bicyclic) bond motifs is 1. The summed E-state index contributed by atoms with van der Waals surface area (Å²) in [5.41, 5.74) is 2.26. The van der Waals surface area contributed by atoms with Crippen molar-refractivity contribution >= 4 is 22.9 Å². The number of carbonyl (C=O) groups is 2. The predicted molar refractivity (Wildman–Crippen MR) is 93.0 cm³/mol. The van der Waals surface area contributed by atoms with Crippen molar-refractivity contribution in [2.24, 2.45) is 0 Å². The third kappa shape index (κ3) is 3.69. The molecule has 0 saturated heterocycles. The number of rotatable bonds is 5. The van der Waals surface area contributed by atoms with E-state index >= 15 is 0 Å². The third-order valence-electron chi connectivity index (χ3n) is 3.79. The molecule has 1 aromatic carbocycles. The van der Waals surface area contributed by atoms with Crippen LogP contribution >= 0.6 is 0 Å². The van der Waals surface area contributed by atoms with Gasteiger partial charge >= 0.3 is 0 Å². The molecule has 0 spiro atoms. The first kappa shape index (κ1) is 17.5. The summed E-state index contributed by atoms with van der Waals surface area (Å²) in [6.45, 7) is 3.73. The molecular formula is C18H17FN4O3. The molecule has 26 heavy (non-hydrogen) atoms. The molecule has 0 aliphatic heterocycles. The van der Waals surface area contributed by atoms with Crippen LogP contribution in [0.4, 0.5) is 4.39 Å². The Kier molecular flexibility index (Phi) is 4.92. The van der Waals surface area contributed by atoms with E-state index in [9.17, 15) is 14.0 Å². The first-order valence-corrected chi connectivity index (χ1v) is 8.01. The fraction of sp³-hybridized carbons (Fsp3) is 0.222. The maximum absolute atomic E-state index is 13.2. The minimum Gasteiger partial charge on any atom is -0.355 e. The van der Waals surface area contributed by atoms with E-state index in [4.69, 9.17) is 4.52 Å². The lowest BCUT2D eigenvalue weighted by molar-refractivity contribution is -0.118. The minimum atomic E-state index is -0.360. The Balaban J connectivity index is 1.94. The summed E-state index contributed by atoms with van der Waals surface area (Å²) >= 11 is 0. The monoisotopic (exact) mass is 356 g/mol. The molecule has 3 aromatic rings. The lowest BCUT2D eigenvalue weighted by Gasteiger charge is -2.08. The van der Waals surface area contributed by atoms with Crippen LogP contribution in [0.5, 0.6) is 0 Å². The first-order valence-electron chi connectivity index (χ1n) is 8.01. The lowest BCUT2D eigenvalue weighted by Crippen LogP contribution is -2.33. The van der Waals surface area contributed by atoms with E-state index in [2.05, 4.69) is 20.8 Å². The van der Waals surface area contributed by atoms with E-state index in [1.54, 1.807) is 25.1 Å². The van der Waals surface area contributed by atoms with Gasteiger partial charge in [0.2, 0.25) is 5.91 Å². The molecule has 2 amide bonds. The molecule has 0 unspecified atom stereocenters. The average molecular weight is 356 g/mol. The Morgan fingerprint density at radius 2 is 1.85 bits per heavy atom. The minimum absolute atomic E-state index is 0.168. The number of nitrogens with one attached hydrogen (secondary N) is 2. The second-order valence-corrected chi connectivity index (χ2v) is 5.75. The smallest absolute Gasteiger partial charge is 0.259 e. The number of benzene rings is 1. The van der Waals surface area contributed by atoms with Crippen LogP contribution in [0.15, 0.2) is 34.9 Å². The van der Waals surface area contributed by atoms with E-state index in [0.29, 0.717) is 34.4 Å². The number of hydrogen-bond acceptors (Lipinski definition) is 5. The largest absolute Gasteiger partial charge is 0.355 e. The summed E-state index contributed by atoms with van der Waals surface area (Å²) in [5.74, 6) is -0.863. The molecule has 3 rings (SSSR count). The Labute approximate surface area is 148 Å². The van der Waals surface area contributed by atoms with Gasteiger partial charge in [0.05, 0.1) is 22.3 Å². The van der Waals surface area contributed by atoms with Crippen molar-refractivity contribution in [1.82, 2.24) is 20.8 Å². The van der Waals surface area contributed by atoms with Crippen molar-refractivity contribution < 1.29 is 18.5 Å². The highest BCUT2D eigenvalue weighted by Gasteiger charge is 2.19. The average Bonchev–Trinajstić information content (AvgIpc) is 2.99. The van der Waals surface area contributed by atoms with Crippen LogP contribution in [-0.4, -0.2) is 35.0 Å². The van der Waals surface area contributed by atoms with Crippen LogP contribution < -0.4 is 10.6 Å². The Morgan fingerprint density at radius 3 is 2.54 bits per heavy atom. The van der Waals surface area contributed by atoms with Crippen molar-refractivity contribution in [2.45, 2.75) is 13.8 Å². The summed E-state index contributed by atoms with van der Waals surface area (Å²) in [5, 5.41) is 9.74. The molecule has 2 aromatic heterocycles. The maximum Gasteiger partial charge on any atom is 0.259 e. The molecule has 0 atom stereocenters. The Bertz CT molecular complexity index is 966. The van der Waals surface area contributed by atoms with Crippen molar-refractivity contribution in [3.63, 3.8) is 0 Å². The highest BCUT2D eigenvalue weighted by molar-refractivity contribution is 6.07. The number of halogens is 1. The molecule has 0 radical (unpaired) electrons. The van der Waals surface area contributed by atoms with E-state index in [-0.39, 0.29) is 29.9 Å². The van der Waals surface area contributed by atoms with Gasteiger partial charge < -0.3 is 15.2 Å². The fourth-order valence-electron chi connectivity index (χ4n) is 2.55. The highest BCUT2D eigenvalue weighted by Crippen LogP contribution is 2.27. The molecule has 0 aliphatic carbocycles. The van der Waals surface area contributed by atoms with Crippen LogP contribution in [0, 0.1) is 12.7 Å². The number of aryl methyl sites for hydroxylation is 1. The number of aromatic nitrogens is 2. The topological polar surface area (TPSA) is 97.1 Å². The van der Waals surface area contributed by atoms with E-state index in [1.807, 2.05) is 0 Å². The van der Waals surface area contributed by atoms with Crippen molar-refractivity contribution in [1.29, 1.82) is 0 Å². The zero-order valence-corrected chi connectivity index (χ0v) is 14.3. The normalized spacial score (nSPS) is 10.7. The van der Waals surface area contributed by atoms with Gasteiger partial charge in [0, 0.05) is 25.6 Å². The highest BCUT2D eigenvalue weighted by atomic mass is 19.1. The van der Waals surface area contributed by atoms with Gasteiger partial charge in [-0.05, 0) is 37.3 Å². The van der Waals surface area contributed by atoms with Crippen LogP contribution in [0.3, 0.4) is 0 Å². The first-order chi connectivity index (χ1) is 12.5. The van der Waals surface area contributed by atoms with Gasteiger partial charge in [0.15, 0.2) is 0 Å². The van der Waals surface area contributed by atoms with Gasteiger partial charge in [-0.25, -0.2) is 9.37 Å². The number of nitrogens with zero attached hydrogens (tertiary/aromatic N) is 2. The van der Waals surface area contributed by atoms with E-state index in [0.717, 1.165) is 0 Å². The van der Waals surface area contributed by atoms with Crippen molar-refractivity contribution in [2.75, 3.05) is 13.1 Å². The van der Waals surface area contributed by atoms with Gasteiger partial charge in [0.1, 0.15) is 5.82 Å². The molecule has 2 N–H and O–H groups in total. The SMILES string of the molecule is CC(=O)NCCNC(=O)c1cc(-c2ccc(F)cc2)nc2onc(C)c12. The van der Waals surface area contributed by atoms with Gasteiger partial charge in [-0.15, -0.1) is 0 Å². The van der Waals surface area contributed by atoms with Crippen LogP contribution in [-0.2, 0) is 4.79 Å². The van der Waals surface area contributed by atoms with Gasteiger partial charge in [-0.1, -0.05) is 5.16 Å². The summed E-state index contributed by atoms with van der Waals surface area (Å²) in [6, 6.07) is 7.41. The molecule has 0 saturated carbocycles. The summed E-state index contributed by atoms with van der Waals surface area (Å²) in [7, 11) is 0. The Hall–Kier alpha value is -3.29. The number of pyridine rings is 1. The number of carbonyl (C=O) groups excluding carboxylic acids is 2. The van der Waals surface area contributed by atoms with Crippen molar-refractivity contribution in [3.05, 3.63) is 47.4 Å². The summed E-state index contributed by atoms with van der Waals surface area (Å²) in [6.07, 6.45) is 0. The molecule has 8 heteroatoms. The Morgan fingerprint density at radius 1 is 1.15 bits per heavy atom. The molecular weight excluding hydrogens is 339 g/mol. The summed E-state index contributed by atoms with van der Waals surface area (Å²) < 4.78 is 18.4. The van der Waals surface area contributed by atoms with E-state index in [1.165, 1.54) is 19.1 Å². The quantitative estimate of drug-likeness (QED) is 0.683. The van der Waals surface area contributed by atoms with E-state index < -0.39 is 0 Å². The molecule has 0 fully saturated rings. The fourth-order valence-corrected chi connectivity index (χ4v) is 2.55. The molecule has 0 aliphatic rings. The van der Waals surface area contributed by atoms with Crippen LogP contribution in [0.2, 0.25) is 0 Å². The summed E-state index contributed by atoms with van der Waals surface area (Å²) in [4.78, 5) is 27.9. The number of amides is 2. The van der Waals surface area contributed by atoms with Crippen LogP contribution in [0.25, 0.3) is 22.4 Å². The lowest BCUT2D eigenvalue weighted by atomic mass is 10.1. The van der Waals surface area contributed by atoms with Crippen molar-refractivity contribution in [3.8, 4) is 11.3 Å².